The van der Waals surface area contributed by atoms with Crippen molar-refractivity contribution >= 4 is 22.4 Å². The Balaban J connectivity index is 1.40. The zero-order valence-corrected chi connectivity index (χ0v) is 24.2. The summed E-state index contributed by atoms with van der Waals surface area (Å²) >= 11 is 0. The van der Waals surface area contributed by atoms with E-state index in [-0.39, 0.29) is 41.5 Å². The summed E-state index contributed by atoms with van der Waals surface area (Å²) in [6, 6.07) is 0.619. The lowest BCUT2D eigenvalue weighted by atomic mass is 9.96. The number of nitrogens with zero attached hydrogens (tertiary/aromatic N) is 5. The third-order valence-electron chi connectivity index (χ3n) is 9.09. The number of nitrogens with one attached hydrogen (secondary N) is 1. The first kappa shape index (κ1) is 29.2. The molecule has 4 aliphatic rings. The van der Waals surface area contributed by atoms with Gasteiger partial charge in [0.15, 0.2) is 5.82 Å². The summed E-state index contributed by atoms with van der Waals surface area (Å²) in [5.41, 5.74) is 1.28. The maximum atomic E-state index is 16.6. The number of alkyl halides is 3. The van der Waals surface area contributed by atoms with Crippen LogP contribution in [0.1, 0.15) is 30.9 Å². The number of pyridine rings is 1. The second kappa shape index (κ2) is 10.8. The summed E-state index contributed by atoms with van der Waals surface area (Å²) in [6.07, 6.45) is -3.45. The predicted octanol–water partition coefficient (Wildman–Crippen LogP) is 3.68. The number of benzene rings is 1. The fourth-order valence-electron chi connectivity index (χ4n) is 6.94. The van der Waals surface area contributed by atoms with Crippen molar-refractivity contribution in [3.8, 4) is 23.1 Å². The molecule has 4 atom stereocenters. The van der Waals surface area contributed by atoms with E-state index in [4.69, 9.17) is 19.9 Å². The summed E-state index contributed by atoms with van der Waals surface area (Å²) in [4.78, 5) is 17.6. The van der Waals surface area contributed by atoms with E-state index in [1.165, 1.54) is 0 Å². The average molecular weight is 622 g/mol. The van der Waals surface area contributed by atoms with E-state index in [9.17, 15) is 17.6 Å². The first-order chi connectivity index (χ1) is 21.0. The highest BCUT2D eigenvalue weighted by Gasteiger charge is 2.41. The number of nitrogens with two attached hydrogens (primary N) is 1. The Labute approximate surface area is 249 Å². The van der Waals surface area contributed by atoms with Crippen molar-refractivity contribution in [2.75, 3.05) is 56.6 Å². The molecule has 3 fully saturated rings. The summed E-state index contributed by atoms with van der Waals surface area (Å²) in [5, 5.41) is 3.43. The van der Waals surface area contributed by atoms with Crippen LogP contribution < -0.4 is 25.4 Å². The fraction of sp³-hybridized carbons (Fsp3) is 0.552. The van der Waals surface area contributed by atoms with Gasteiger partial charge in [0.1, 0.15) is 40.9 Å². The number of morpholine rings is 1. The first-order valence-electron chi connectivity index (χ1n) is 14.7. The van der Waals surface area contributed by atoms with Crippen molar-refractivity contribution in [2.45, 2.75) is 57.1 Å². The monoisotopic (exact) mass is 621 g/mol. The van der Waals surface area contributed by atoms with Crippen LogP contribution in [0.2, 0.25) is 0 Å². The predicted molar refractivity (Wildman–Crippen MR) is 151 cm³/mol. The zero-order chi connectivity index (χ0) is 30.9. The van der Waals surface area contributed by atoms with Gasteiger partial charge in [-0.25, -0.2) is 13.8 Å². The van der Waals surface area contributed by atoms with Crippen molar-refractivity contribution in [2.24, 2.45) is 0 Å². The van der Waals surface area contributed by atoms with E-state index in [0.717, 1.165) is 32.4 Å². The zero-order valence-electron chi connectivity index (χ0n) is 24.2. The molecule has 15 heteroatoms. The molecule has 0 spiro atoms. The molecule has 7 rings (SSSR count). The highest BCUT2D eigenvalue weighted by atomic mass is 19.4. The number of hydrogen-bond acceptors (Lipinski definition) is 10. The Bertz CT molecular complexity index is 1620. The lowest BCUT2D eigenvalue weighted by molar-refractivity contribution is -0.137. The van der Waals surface area contributed by atoms with Gasteiger partial charge in [-0.1, -0.05) is 0 Å². The van der Waals surface area contributed by atoms with Crippen LogP contribution in [-0.2, 0) is 10.9 Å². The van der Waals surface area contributed by atoms with Crippen molar-refractivity contribution in [1.29, 1.82) is 0 Å². The average Bonchev–Trinajstić information content (AvgIpc) is 3.44. The quantitative estimate of drug-likeness (QED) is 0.331. The van der Waals surface area contributed by atoms with Gasteiger partial charge in [-0.15, -0.1) is 0 Å². The number of piperazine rings is 1. The lowest BCUT2D eigenvalue weighted by Gasteiger charge is -2.38. The Kier molecular flexibility index (Phi) is 7.16. The van der Waals surface area contributed by atoms with Gasteiger partial charge in [0.25, 0.3) is 0 Å². The number of nitrogen functional groups attached to an aromatic ring is 1. The molecule has 2 aromatic heterocycles. The molecule has 0 aliphatic carbocycles. The SMILES string of the molecule is Cc1c(F)c(N)cc(-c2nc3c4c(nc(OC[C@H]5COC[C@H]6CCCN65)nc4c2F)N2CCNC[C@H]2[C@H](C)O3)c1C(F)(F)F. The maximum absolute atomic E-state index is 16.6. The van der Waals surface area contributed by atoms with Crippen LogP contribution >= 0.6 is 0 Å². The molecular weight excluding hydrogens is 589 g/mol. The van der Waals surface area contributed by atoms with E-state index in [2.05, 4.69) is 25.2 Å². The molecule has 44 heavy (non-hydrogen) atoms. The molecule has 10 nitrogen and oxygen atoms in total. The van der Waals surface area contributed by atoms with Crippen molar-refractivity contribution in [3.05, 3.63) is 28.8 Å². The molecule has 6 heterocycles. The highest BCUT2D eigenvalue weighted by molar-refractivity contribution is 5.97. The second-order valence-corrected chi connectivity index (χ2v) is 11.8. The molecule has 0 bridgehead atoms. The molecule has 0 amide bonds. The molecule has 4 aliphatic heterocycles. The fourth-order valence-corrected chi connectivity index (χ4v) is 6.94. The highest BCUT2D eigenvalue weighted by Crippen LogP contribution is 2.46. The minimum atomic E-state index is -5.04. The number of ether oxygens (including phenoxy) is 3. The third-order valence-corrected chi connectivity index (χ3v) is 9.09. The Morgan fingerprint density at radius 2 is 1.95 bits per heavy atom. The molecule has 0 saturated carbocycles. The molecular formula is C29H32F5N7O3. The summed E-state index contributed by atoms with van der Waals surface area (Å²) in [7, 11) is 0. The van der Waals surface area contributed by atoms with Crippen LogP contribution in [0.15, 0.2) is 6.07 Å². The van der Waals surface area contributed by atoms with E-state index in [1.54, 1.807) is 6.92 Å². The summed E-state index contributed by atoms with van der Waals surface area (Å²) < 4.78 is 92.2. The van der Waals surface area contributed by atoms with Crippen LogP contribution in [0.3, 0.4) is 0 Å². The van der Waals surface area contributed by atoms with E-state index in [0.29, 0.717) is 44.7 Å². The summed E-state index contributed by atoms with van der Waals surface area (Å²) in [5.74, 6) is -2.20. The van der Waals surface area contributed by atoms with Gasteiger partial charge in [0, 0.05) is 31.2 Å². The van der Waals surface area contributed by atoms with Gasteiger partial charge in [0.2, 0.25) is 5.88 Å². The molecule has 236 valence electrons. The maximum Gasteiger partial charge on any atom is 0.417 e. The number of halogens is 5. The van der Waals surface area contributed by atoms with Crippen LogP contribution in [-0.4, -0.2) is 90.1 Å². The minimum Gasteiger partial charge on any atom is -0.472 e. The van der Waals surface area contributed by atoms with Gasteiger partial charge in [0.05, 0.1) is 36.5 Å². The van der Waals surface area contributed by atoms with Crippen molar-refractivity contribution < 1.29 is 36.2 Å². The Morgan fingerprint density at radius 3 is 2.75 bits per heavy atom. The molecule has 3 N–H and O–H groups in total. The minimum absolute atomic E-state index is 0.0575. The number of rotatable bonds is 4. The largest absolute Gasteiger partial charge is 0.472 e. The number of hydrogen-bond donors (Lipinski definition) is 2. The molecule has 1 aromatic carbocycles. The molecule has 3 saturated heterocycles. The van der Waals surface area contributed by atoms with E-state index < -0.39 is 52.0 Å². The van der Waals surface area contributed by atoms with E-state index in [1.807, 2.05) is 4.90 Å². The molecule has 3 aromatic rings. The number of anilines is 2. The van der Waals surface area contributed by atoms with Crippen molar-refractivity contribution in [1.82, 2.24) is 25.2 Å². The smallest absolute Gasteiger partial charge is 0.417 e. The molecule has 0 radical (unpaired) electrons. The Hall–Kier alpha value is -3.56. The van der Waals surface area contributed by atoms with Crippen molar-refractivity contribution in [3.63, 3.8) is 0 Å². The topological polar surface area (TPSA) is 111 Å². The van der Waals surface area contributed by atoms with Gasteiger partial charge >= 0.3 is 12.2 Å². The van der Waals surface area contributed by atoms with Crippen LogP contribution in [0, 0.1) is 18.6 Å². The standard InChI is InChI=1S/C29H32F5N7O3/c1-13-21(29(32,33)34)17(8-18(35)22(13)30)24-23(31)25-20-26(41-7-5-36-9-19(41)14(2)44-27(20)37-24)39-28(38-25)43-12-16-11-42-10-15-4-3-6-40(15)16/h8,14-16,19,36H,3-7,9-12,35H2,1-2H3/t14-,15+,16+,19-/m0/s1. The van der Waals surface area contributed by atoms with Gasteiger partial charge in [-0.05, 0) is 44.9 Å². The normalized spacial score (nSPS) is 25.4. The Morgan fingerprint density at radius 1 is 1.14 bits per heavy atom. The lowest BCUT2D eigenvalue weighted by Crippen LogP contribution is -2.56. The van der Waals surface area contributed by atoms with Crippen LogP contribution in [0.5, 0.6) is 11.9 Å². The summed E-state index contributed by atoms with van der Waals surface area (Å²) in [6.45, 7) is 6.60. The number of aromatic nitrogens is 3. The van der Waals surface area contributed by atoms with Gasteiger partial charge < -0.3 is 30.2 Å². The van der Waals surface area contributed by atoms with Crippen LogP contribution in [0.4, 0.5) is 33.5 Å². The van der Waals surface area contributed by atoms with E-state index >= 15 is 4.39 Å². The third kappa shape index (κ3) is 4.76. The number of fused-ring (bicyclic) bond motifs is 3. The van der Waals surface area contributed by atoms with Gasteiger partial charge in [-0.2, -0.15) is 23.1 Å². The van der Waals surface area contributed by atoms with Crippen LogP contribution in [0.25, 0.3) is 22.2 Å². The first-order valence-corrected chi connectivity index (χ1v) is 14.7. The van der Waals surface area contributed by atoms with Gasteiger partial charge in [-0.3, -0.25) is 4.90 Å². The second-order valence-electron chi connectivity index (χ2n) is 11.8. The molecule has 0 unspecified atom stereocenters.